The quantitative estimate of drug-likeness (QED) is 0.512. The summed E-state index contributed by atoms with van der Waals surface area (Å²) in [5, 5.41) is 11.7. The topological polar surface area (TPSA) is 64.1 Å². The van der Waals surface area contributed by atoms with Crippen LogP contribution in [0.3, 0.4) is 0 Å². The van der Waals surface area contributed by atoms with Gasteiger partial charge in [0, 0.05) is 62.7 Å². The van der Waals surface area contributed by atoms with Gasteiger partial charge < -0.3 is 19.7 Å². The lowest BCUT2D eigenvalue weighted by molar-refractivity contribution is -0.274. The molecule has 2 unspecified atom stereocenters. The lowest BCUT2D eigenvalue weighted by Crippen LogP contribution is -2.61. The number of ether oxygens (including phenoxy) is 2. The Hall–Kier alpha value is -2.30. The number of piperidine rings is 1. The molecule has 0 aliphatic carbocycles. The second kappa shape index (κ2) is 10.3. The van der Waals surface area contributed by atoms with E-state index in [1.165, 1.54) is 30.7 Å². The summed E-state index contributed by atoms with van der Waals surface area (Å²) in [4.78, 5) is 7.25. The lowest BCUT2D eigenvalue weighted by atomic mass is 9.94. The van der Waals surface area contributed by atoms with Crippen molar-refractivity contribution in [3.63, 3.8) is 0 Å². The van der Waals surface area contributed by atoms with E-state index in [1.807, 2.05) is 6.92 Å². The van der Waals surface area contributed by atoms with Crippen molar-refractivity contribution < 1.29 is 22.6 Å². The van der Waals surface area contributed by atoms with Crippen LogP contribution in [0.25, 0.3) is 0 Å². The predicted octanol–water partition coefficient (Wildman–Crippen LogP) is 3.36. The highest BCUT2D eigenvalue weighted by Gasteiger charge is 2.35. The maximum absolute atomic E-state index is 12.3. The van der Waals surface area contributed by atoms with Gasteiger partial charge in [0.1, 0.15) is 11.6 Å². The van der Waals surface area contributed by atoms with Gasteiger partial charge in [-0.3, -0.25) is 15.2 Å². The van der Waals surface area contributed by atoms with Crippen LogP contribution >= 0.6 is 0 Å². The van der Waals surface area contributed by atoms with E-state index in [2.05, 4.69) is 24.8 Å². The van der Waals surface area contributed by atoms with Gasteiger partial charge in [0.2, 0.25) is 0 Å². The highest BCUT2D eigenvalue weighted by Crippen LogP contribution is 2.26. The van der Waals surface area contributed by atoms with E-state index >= 15 is 0 Å². The third-order valence-electron chi connectivity index (χ3n) is 6.57. The molecule has 1 aromatic carbocycles. The predicted molar refractivity (Wildman–Crippen MR) is 121 cm³/mol. The average Bonchev–Trinajstić information content (AvgIpc) is 2.79. The molecule has 33 heavy (non-hydrogen) atoms. The maximum atomic E-state index is 12.3. The van der Waals surface area contributed by atoms with E-state index in [0.717, 1.165) is 64.6 Å². The first-order valence-corrected chi connectivity index (χ1v) is 11.5. The van der Waals surface area contributed by atoms with Crippen molar-refractivity contribution in [2.24, 2.45) is 0 Å². The van der Waals surface area contributed by atoms with Crippen LogP contribution in [-0.2, 0) is 4.74 Å². The highest BCUT2D eigenvalue weighted by molar-refractivity contribution is 5.91. The van der Waals surface area contributed by atoms with Gasteiger partial charge in [0.05, 0.1) is 13.2 Å². The lowest BCUT2D eigenvalue weighted by Gasteiger charge is -2.49. The summed E-state index contributed by atoms with van der Waals surface area (Å²) in [6, 6.07) is 6.65. The van der Waals surface area contributed by atoms with Gasteiger partial charge in [-0.2, -0.15) is 0 Å². The summed E-state index contributed by atoms with van der Waals surface area (Å²) >= 11 is 0. The van der Waals surface area contributed by atoms with Crippen LogP contribution in [-0.4, -0.2) is 91.5 Å². The Morgan fingerprint density at radius 2 is 1.70 bits per heavy atom. The standard InChI is InChI=1S/C23H32F3N5O2/c1-17(28-18-2-6-21(7-3-18)33-23(24,25)26)14-22(27)31-9-8-30-15-19(4-5-20(30)16-31)29-10-12-32-13-11-29/h2-3,6-7,14,19-20,27-28H,4-5,8-13,15-16H2,1H3/b17-14-,27-22?. The molecule has 10 heteroatoms. The molecular formula is C23H32F3N5O2. The van der Waals surface area contributed by atoms with Gasteiger partial charge in [-0.15, -0.1) is 13.2 Å². The largest absolute Gasteiger partial charge is 0.573 e. The third-order valence-corrected chi connectivity index (χ3v) is 6.57. The number of halogens is 3. The van der Waals surface area contributed by atoms with Crippen LogP contribution in [0.15, 0.2) is 36.0 Å². The fourth-order valence-corrected chi connectivity index (χ4v) is 4.91. The second-order valence-electron chi connectivity index (χ2n) is 8.88. The summed E-state index contributed by atoms with van der Waals surface area (Å²) in [6.07, 6.45) is -0.604. The first-order chi connectivity index (χ1) is 15.8. The molecule has 2 atom stereocenters. The molecule has 0 bridgehead atoms. The number of fused-ring (bicyclic) bond motifs is 1. The number of nitrogens with one attached hydrogen (secondary N) is 2. The molecule has 0 radical (unpaired) electrons. The zero-order valence-corrected chi connectivity index (χ0v) is 18.9. The Balaban J connectivity index is 1.27. The number of hydrogen-bond acceptors (Lipinski definition) is 6. The monoisotopic (exact) mass is 467 g/mol. The minimum Gasteiger partial charge on any atom is -0.406 e. The molecule has 1 aromatic rings. The Labute approximate surface area is 192 Å². The molecule has 0 spiro atoms. The Kier molecular flexibility index (Phi) is 7.45. The minimum atomic E-state index is -4.70. The summed E-state index contributed by atoms with van der Waals surface area (Å²) < 4.78 is 46.3. The highest BCUT2D eigenvalue weighted by atomic mass is 19.4. The van der Waals surface area contributed by atoms with E-state index in [1.54, 1.807) is 6.08 Å². The van der Waals surface area contributed by atoms with E-state index < -0.39 is 6.36 Å². The van der Waals surface area contributed by atoms with Crippen LogP contribution < -0.4 is 10.1 Å². The molecule has 0 saturated carbocycles. The molecule has 182 valence electrons. The SMILES string of the molecule is C/C(=C/C(=N)N1CCN2CC(N3CCOCC3)CCC2C1)Nc1ccc(OC(F)(F)F)cc1. The number of rotatable bonds is 5. The summed E-state index contributed by atoms with van der Waals surface area (Å²) in [7, 11) is 0. The summed E-state index contributed by atoms with van der Waals surface area (Å²) in [5.41, 5.74) is 1.39. The first-order valence-electron chi connectivity index (χ1n) is 11.5. The number of morpholine rings is 1. The molecule has 4 rings (SSSR count). The van der Waals surface area contributed by atoms with Crippen molar-refractivity contribution in [1.29, 1.82) is 5.41 Å². The fraction of sp³-hybridized carbons (Fsp3) is 0.609. The number of allylic oxidation sites excluding steroid dienone is 1. The fourth-order valence-electron chi connectivity index (χ4n) is 4.91. The molecule has 0 amide bonds. The van der Waals surface area contributed by atoms with E-state index in [0.29, 0.717) is 23.6 Å². The molecule has 3 heterocycles. The van der Waals surface area contributed by atoms with E-state index in [4.69, 9.17) is 10.1 Å². The van der Waals surface area contributed by atoms with Gasteiger partial charge in [0.15, 0.2) is 0 Å². The van der Waals surface area contributed by atoms with Crippen LogP contribution in [0.5, 0.6) is 5.75 Å². The van der Waals surface area contributed by atoms with Crippen LogP contribution in [0, 0.1) is 5.41 Å². The molecule has 2 N–H and O–H groups in total. The number of amidine groups is 1. The average molecular weight is 468 g/mol. The summed E-state index contributed by atoms with van der Waals surface area (Å²) in [5.74, 6) is 0.190. The van der Waals surface area contributed by atoms with Crippen LogP contribution in [0.2, 0.25) is 0 Å². The zero-order valence-electron chi connectivity index (χ0n) is 18.9. The molecule has 3 saturated heterocycles. The van der Waals surface area contributed by atoms with Crippen molar-refractivity contribution in [3.05, 3.63) is 36.0 Å². The number of hydrogen-bond donors (Lipinski definition) is 2. The van der Waals surface area contributed by atoms with E-state index in [9.17, 15) is 13.2 Å². The van der Waals surface area contributed by atoms with Crippen molar-refractivity contribution in [3.8, 4) is 5.75 Å². The Morgan fingerprint density at radius 1 is 1.03 bits per heavy atom. The first kappa shape index (κ1) is 23.8. The van der Waals surface area contributed by atoms with Gasteiger partial charge in [-0.05, 0) is 50.1 Å². The van der Waals surface area contributed by atoms with Crippen molar-refractivity contribution >= 4 is 11.5 Å². The van der Waals surface area contributed by atoms with Crippen LogP contribution in [0.1, 0.15) is 19.8 Å². The van der Waals surface area contributed by atoms with Gasteiger partial charge in [0.25, 0.3) is 0 Å². The molecule has 3 aliphatic rings. The Bertz CT molecular complexity index is 839. The number of anilines is 1. The summed E-state index contributed by atoms with van der Waals surface area (Å²) in [6.45, 7) is 9.26. The molecule has 7 nitrogen and oxygen atoms in total. The smallest absolute Gasteiger partial charge is 0.406 e. The number of benzene rings is 1. The maximum Gasteiger partial charge on any atom is 0.573 e. The van der Waals surface area contributed by atoms with Gasteiger partial charge in [-0.1, -0.05) is 0 Å². The van der Waals surface area contributed by atoms with Crippen molar-refractivity contribution in [1.82, 2.24) is 14.7 Å². The second-order valence-corrected chi connectivity index (χ2v) is 8.88. The molecule has 3 aliphatic heterocycles. The normalized spacial score (nSPS) is 25.5. The molecule has 0 aromatic heterocycles. The van der Waals surface area contributed by atoms with E-state index in [-0.39, 0.29) is 5.75 Å². The zero-order chi connectivity index (χ0) is 23.4. The Morgan fingerprint density at radius 3 is 2.36 bits per heavy atom. The van der Waals surface area contributed by atoms with Crippen LogP contribution in [0.4, 0.5) is 18.9 Å². The number of alkyl halides is 3. The molecular weight excluding hydrogens is 435 g/mol. The number of nitrogens with zero attached hydrogens (tertiary/aromatic N) is 3. The van der Waals surface area contributed by atoms with Crippen molar-refractivity contribution in [2.75, 3.05) is 57.8 Å². The van der Waals surface area contributed by atoms with Crippen molar-refractivity contribution in [2.45, 2.75) is 38.2 Å². The van der Waals surface area contributed by atoms with Gasteiger partial charge in [-0.25, -0.2) is 0 Å². The number of piperazine rings is 1. The molecule has 3 fully saturated rings. The minimum absolute atomic E-state index is 0.261. The van der Waals surface area contributed by atoms with Gasteiger partial charge >= 0.3 is 6.36 Å². The third kappa shape index (κ3) is 6.61.